The van der Waals surface area contributed by atoms with Crippen LogP contribution >= 0.6 is 0 Å². The van der Waals surface area contributed by atoms with E-state index in [0.717, 1.165) is 16.3 Å². The first-order valence-electron chi connectivity index (χ1n) is 8.65. The number of nitriles is 1. The van der Waals surface area contributed by atoms with Gasteiger partial charge < -0.3 is 4.74 Å². The first kappa shape index (κ1) is 15.9. The van der Waals surface area contributed by atoms with E-state index in [-0.39, 0.29) is 17.6 Å². The van der Waals surface area contributed by atoms with Gasteiger partial charge in [0.2, 0.25) is 0 Å². The van der Waals surface area contributed by atoms with E-state index in [1.165, 1.54) is 0 Å². The van der Waals surface area contributed by atoms with Crippen molar-refractivity contribution in [1.82, 2.24) is 0 Å². The maximum absolute atomic E-state index is 12.8. The van der Waals surface area contributed by atoms with Gasteiger partial charge in [-0.2, -0.15) is 5.26 Å². The topological polar surface area (TPSA) is 76.1 Å². The van der Waals surface area contributed by atoms with Gasteiger partial charge in [-0.15, -0.1) is 0 Å². The molecular formula is C21H20N2O2. The van der Waals surface area contributed by atoms with Gasteiger partial charge in [0, 0.05) is 24.3 Å². The van der Waals surface area contributed by atoms with Crippen molar-refractivity contribution in [3.63, 3.8) is 0 Å². The summed E-state index contributed by atoms with van der Waals surface area (Å²) in [4.78, 5) is 12.8. The number of hydrogen-bond donors (Lipinski definition) is 1. The molecule has 0 bridgehead atoms. The third-order valence-corrected chi connectivity index (χ3v) is 5.25. The van der Waals surface area contributed by atoms with Gasteiger partial charge in [0.25, 0.3) is 0 Å². The van der Waals surface area contributed by atoms with Gasteiger partial charge >= 0.3 is 0 Å². The molecule has 0 amide bonds. The quantitative estimate of drug-likeness (QED) is 0.865. The first-order chi connectivity index (χ1) is 12.1. The lowest BCUT2D eigenvalue weighted by atomic mass is 9.72. The summed E-state index contributed by atoms with van der Waals surface area (Å²) in [7, 11) is 0. The minimum absolute atomic E-state index is 0.0825. The second-order valence-corrected chi connectivity index (χ2v) is 7.10. The molecule has 0 aromatic heterocycles. The Labute approximate surface area is 146 Å². The fourth-order valence-electron chi connectivity index (χ4n) is 4.07. The van der Waals surface area contributed by atoms with Crippen molar-refractivity contribution in [2.45, 2.75) is 31.9 Å². The molecule has 2 aliphatic rings. The second-order valence-electron chi connectivity index (χ2n) is 7.10. The SMILES string of the molecule is C[C@@H]1CC(=O)C2=C(C1)O[C@H](N)[C@H](C#N)[C@@H]2c1ccc2ccccc2c1. The molecule has 1 heterocycles. The van der Waals surface area contributed by atoms with E-state index in [0.29, 0.717) is 24.2 Å². The van der Waals surface area contributed by atoms with E-state index in [4.69, 9.17) is 10.5 Å². The van der Waals surface area contributed by atoms with Gasteiger partial charge in [0.05, 0.1) is 6.07 Å². The molecule has 25 heavy (non-hydrogen) atoms. The second kappa shape index (κ2) is 6.02. The van der Waals surface area contributed by atoms with Crippen molar-refractivity contribution < 1.29 is 9.53 Å². The molecule has 1 aliphatic carbocycles. The van der Waals surface area contributed by atoms with Gasteiger partial charge in [0.15, 0.2) is 12.0 Å². The van der Waals surface area contributed by atoms with Crippen LogP contribution < -0.4 is 5.73 Å². The number of Topliss-reactive ketones (excluding diaryl/α,β-unsaturated/α-hetero) is 1. The van der Waals surface area contributed by atoms with Crippen LogP contribution in [0.4, 0.5) is 0 Å². The number of benzene rings is 2. The number of fused-ring (bicyclic) bond motifs is 1. The summed E-state index contributed by atoms with van der Waals surface area (Å²) < 4.78 is 5.79. The van der Waals surface area contributed by atoms with Gasteiger partial charge in [0.1, 0.15) is 11.7 Å². The average molecular weight is 332 g/mol. The zero-order valence-electron chi connectivity index (χ0n) is 14.1. The number of nitrogens with zero attached hydrogens (tertiary/aromatic N) is 1. The predicted molar refractivity (Wildman–Crippen MR) is 95.3 cm³/mol. The highest BCUT2D eigenvalue weighted by molar-refractivity contribution is 5.99. The van der Waals surface area contributed by atoms with Crippen LogP contribution in [-0.2, 0) is 9.53 Å². The summed E-state index contributed by atoms with van der Waals surface area (Å²) in [5, 5.41) is 11.9. The molecule has 0 spiro atoms. The molecule has 1 aliphatic heterocycles. The molecule has 4 nitrogen and oxygen atoms in total. The van der Waals surface area contributed by atoms with Crippen LogP contribution in [0.3, 0.4) is 0 Å². The third-order valence-electron chi connectivity index (χ3n) is 5.25. The van der Waals surface area contributed by atoms with Crippen LogP contribution in [0, 0.1) is 23.2 Å². The lowest BCUT2D eigenvalue weighted by Gasteiger charge is -2.39. The molecule has 0 saturated heterocycles. The van der Waals surface area contributed by atoms with Crippen LogP contribution in [0.25, 0.3) is 10.8 Å². The number of carbonyl (C=O) groups excluding carboxylic acids is 1. The Morgan fingerprint density at radius 1 is 1.16 bits per heavy atom. The smallest absolute Gasteiger partial charge is 0.164 e. The van der Waals surface area contributed by atoms with Crippen LogP contribution in [-0.4, -0.2) is 12.0 Å². The normalized spacial score (nSPS) is 29.1. The maximum Gasteiger partial charge on any atom is 0.164 e. The van der Waals surface area contributed by atoms with Crippen molar-refractivity contribution in [1.29, 1.82) is 5.26 Å². The lowest BCUT2D eigenvalue weighted by Crippen LogP contribution is -2.43. The first-order valence-corrected chi connectivity index (χ1v) is 8.65. The van der Waals surface area contributed by atoms with Crippen LogP contribution in [0.1, 0.15) is 31.2 Å². The van der Waals surface area contributed by atoms with E-state index in [1.54, 1.807) is 0 Å². The fraction of sp³-hybridized carbons (Fsp3) is 0.333. The Balaban J connectivity index is 1.89. The number of carbonyl (C=O) groups is 1. The van der Waals surface area contributed by atoms with Crippen molar-refractivity contribution in [2.75, 3.05) is 0 Å². The van der Waals surface area contributed by atoms with Gasteiger partial charge in [-0.3, -0.25) is 10.5 Å². The van der Waals surface area contributed by atoms with Crippen molar-refractivity contribution in [2.24, 2.45) is 17.6 Å². The highest BCUT2D eigenvalue weighted by atomic mass is 16.5. The molecule has 0 radical (unpaired) electrons. The summed E-state index contributed by atoms with van der Waals surface area (Å²) in [6.45, 7) is 2.04. The summed E-state index contributed by atoms with van der Waals surface area (Å²) in [5.41, 5.74) is 7.75. The number of nitrogens with two attached hydrogens (primary N) is 1. The molecule has 2 N–H and O–H groups in total. The summed E-state index contributed by atoms with van der Waals surface area (Å²) in [6.07, 6.45) is 0.495. The Morgan fingerprint density at radius 3 is 2.68 bits per heavy atom. The zero-order chi connectivity index (χ0) is 17.6. The van der Waals surface area contributed by atoms with E-state index in [1.807, 2.05) is 37.3 Å². The lowest BCUT2D eigenvalue weighted by molar-refractivity contribution is -0.118. The number of allylic oxidation sites excluding steroid dienone is 2. The van der Waals surface area contributed by atoms with E-state index in [2.05, 4.69) is 18.2 Å². The summed E-state index contributed by atoms with van der Waals surface area (Å²) >= 11 is 0. The standard InChI is InChI=1S/C21H20N2O2/c1-12-8-17(24)20-18(9-12)25-21(23)16(11-22)19(20)15-7-6-13-4-2-3-5-14(13)10-15/h2-7,10,12,16,19,21H,8-9,23H2,1H3/t12-,16-,19+,21+/m1/s1. The molecule has 4 heteroatoms. The Bertz CT molecular complexity index is 925. The maximum atomic E-state index is 12.8. The Morgan fingerprint density at radius 2 is 1.92 bits per heavy atom. The number of ether oxygens (including phenoxy) is 1. The van der Waals surface area contributed by atoms with Gasteiger partial charge in [-0.1, -0.05) is 49.4 Å². The number of ketones is 1. The molecule has 2 aromatic carbocycles. The van der Waals surface area contributed by atoms with Crippen LogP contribution in [0.5, 0.6) is 0 Å². The van der Waals surface area contributed by atoms with Crippen LogP contribution in [0.15, 0.2) is 53.8 Å². The molecule has 0 unspecified atom stereocenters. The predicted octanol–water partition coefficient (Wildman–Crippen LogP) is 3.63. The summed E-state index contributed by atoms with van der Waals surface area (Å²) in [6, 6.07) is 16.5. The monoisotopic (exact) mass is 332 g/mol. The number of rotatable bonds is 1. The highest BCUT2D eigenvalue weighted by Crippen LogP contribution is 2.45. The Kier molecular flexibility index (Phi) is 3.82. The van der Waals surface area contributed by atoms with E-state index < -0.39 is 12.1 Å². The van der Waals surface area contributed by atoms with Gasteiger partial charge in [-0.05, 0) is 22.3 Å². The molecular weight excluding hydrogens is 312 g/mol. The van der Waals surface area contributed by atoms with Gasteiger partial charge in [-0.25, -0.2) is 0 Å². The Hall–Kier alpha value is -2.64. The molecule has 126 valence electrons. The third kappa shape index (κ3) is 2.61. The highest BCUT2D eigenvalue weighted by Gasteiger charge is 2.44. The molecule has 0 saturated carbocycles. The minimum atomic E-state index is -0.710. The van der Waals surface area contributed by atoms with Crippen molar-refractivity contribution in [3.05, 3.63) is 59.4 Å². The van der Waals surface area contributed by atoms with Crippen LogP contribution in [0.2, 0.25) is 0 Å². The molecule has 4 atom stereocenters. The summed E-state index contributed by atoms with van der Waals surface area (Å²) in [5.74, 6) is 0.111. The zero-order valence-corrected chi connectivity index (χ0v) is 14.1. The van der Waals surface area contributed by atoms with Crippen molar-refractivity contribution in [3.8, 4) is 6.07 Å². The molecule has 4 rings (SSSR count). The largest absolute Gasteiger partial charge is 0.478 e. The molecule has 2 aromatic rings. The average Bonchev–Trinajstić information content (AvgIpc) is 2.59. The van der Waals surface area contributed by atoms with Crippen molar-refractivity contribution >= 4 is 16.6 Å². The molecule has 0 fully saturated rings. The number of hydrogen-bond acceptors (Lipinski definition) is 4. The fourth-order valence-corrected chi connectivity index (χ4v) is 4.07. The minimum Gasteiger partial charge on any atom is -0.478 e. The van der Waals surface area contributed by atoms with E-state index in [9.17, 15) is 10.1 Å². The van der Waals surface area contributed by atoms with E-state index >= 15 is 0 Å².